The Labute approximate surface area is 116 Å². The van der Waals surface area contributed by atoms with Crippen LogP contribution in [-0.4, -0.2) is 62.0 Å². The maximum absolute atomic E-state index is 12.7. The Morgan fingerprint density at radius 1 is 1.21 bits per heavy atom. The van der Waals surface area contributed by atoms with Crippen LogP contribution in [0.25, 0.3) is 0 Å². The monoisotopic (exact) mass is 265 g/mol. The van der Waals surface area contributed by atoms with E-state index >= 15 is 0 Å². The van der Waals surface area contributed by atoms with Gasteiger partial charge in [-0.3, -0.25) is 4.79 Å². The van der Waals surface area contributed by atoms with Gasteiger partial charge in [-0.05, 0) is 39.4 Å². The van der Waals surface area contributed by atoms with E-state index in [4.69, 9.17) is 0 Å². The second-order valence-corrected chi connectivity index (χ2v) is 6.07. The minimum atomic E-state index is 0.269. The Bertz CT molecular complexity index is 350. The standard InChI is InChI=1S/C15H27N3O/c1-12(13-10-16-11-13)15(19)18(9-8-17(2)3)14-6-4-5-7-14/h14,16H,4-11H2,1-3H3. The van der Waals surface area contributed by atoms with Crippen LogP contribution >= 0.6 is 0 Å². The van der Waals surface area contributed by atoms with Gasteiger partial charge in [0, 0.05) is 37.8 Å². The predicted octanol–water partition coefficient (Wildman–Crippen LogP) is 1.24. The molecule has 0 aromatic carbocycles. The van der Waals surface area contributed by atoms with Gasteiger partial charge in [-0.1, -0.05) is 12.8 Å². The lowest BCUT2D eigenvalue weighted by Gasteiger charge is -2.32. The van der Waals surface area contributed by atoms with Crippen molar-refractivity contribution in [2.24, 2.45) is 0 Å². The number of hydrogen-bond donors (Lipinski definition) is 1. The molecule has 0 aromatic rings. The van der Waals surface area contributed by atoms with Crippen LogP contribution in [0.1, 0.15) is 32.6 Å². The first-order valence-corrected chi connectivity index (χ1v) is 7.44. The molecule has 1 saturated carbocycles. The molecule has 1 saturated heterocycles. The van der Waals surface area contributed by atoms with Gasteiger partial charge >= 0.3 is 0 Å². The number of nitrogens with one attached hydrogen (secondary N) is 1. The third kappa shape index (κ3) is 3.57. The van der Waals surface area contributed by atoms with E-state index in [9.17, 15) is 4.79 Å². The van der Waals surface area contributed by atoms with Crippen molar-refractivity contribution in [3.05, 3.63) is 11.1 Å². The smallest absolute Gasteiger partial charge is 0.249 e. The first kappa shape index (κ1) is 14.5. The largest absolute Gasteiger partial charge is 0.335 e. The van der Waals surface area contributed by atoms with Crippen LogP contribution in [0.2, 0.25) is 0 Å². The van der Waals surface area contributed by atoms with Crippen molar-refractivity contribution >= 4 is 5.91 Å². The number of hydrogen-bond acceptors (Lipinski definition) is 3. The van der Waals surface area contributed by atoms with Crippen LogP contribution in [0, 0.1) is 0 Å². The van der Waals surface area contributed by atoms with E-state index < -0.39 is 0 Å². The van der Waals surface area contributed by atoms with Crippen LogP contribution in [0.15, 0.2) is 11.1 Å². The average molecular weight is 265 g/mol. The molecule has 0 bridgehead atoms. The van der Waals surface area contributed by atoms with E-state index in [1.165, 1.54) is 31.3 Å². The van der Waals surface area contributed by atoms with E-state index in [0.29, 0.717) is 6.04 Å². The molecule has 0 aromatic heterocycles. The maximum Gasteiger partial charge on any atom is 0.249 e. The summed E-state index contributed by atoms with van der Waals surface area (Å²) in [5, 5.41) is 3.22. The van der Waals surface area contributed by atoms with Crippen LogP contribution < -0.4 is 5.32 Å². The summed E-state index contributed by atoms with van der Waals surface area (Å²) in [6.45, 7) is 5.58. The Hall–Kier alpha value is -0.870. The van der Waals surface area contributed by atoms with Crippen LogP contribution in [0.4, 0.5) is 0 Å². The summed E-state index contributed by atoms with van der Waals surface area (Å²) in [5.41, 5.74) is 2.27. The van der Waals surface area contributed by atoms with E-state index in [-0.39, 0.29) is 5.91 Å². The highest BCUT2D eigenvalue weighted by Crippen LogP contribution is 2.25. The van der Waals surface area contributed by atoms with Gasteiger partial charge in [0.15, 0.2) is 0 Å². The molecule has 4 nitrogen and oxygen atoms in total. The summed E-state index contributed by atoms with van der Waals surface area (Å²) in [4.78, 5) is 17.0. The second-order valence-electron chi connectivity index (χ2n) is 6.07. The van der Waals surface area contributed by atoms with Gasteiger partial charge in [0.25, 0.3) is 0 Å². The van der Waals surface area contributed by atoms with Gasteiger partial charge in [-0.2, -0.15) is 0 Å². The molecule has 1 aliphatic heterocycles. The van der Waals surface area contributed by atoms with Gasteiger partial charge in [0.05, 0.1) is 0 Å². The highest BCUT2D eigenvalue weighted by molar-refractivity contribution is 5.94. The fourth-order valence-electron chi connectivity index (χ4n) is 2.86. The molecular weight excluding hydrogens is 238 g/mol. The highest BCUT2D eigenvalue weighted by Gasteiger charge is 2.28. The van der Waals surface area contributed by atoms with E-state index in [1.807, 2.05) is 6.92 Å². The summed E-state index contributed by atoms with van der Waals surface area (Å²) in [6, 6.07) is 0.469. The summed E-state index contributed by atoms with van der Waals surface area (Å²) >= 11 is 0. The van der Waals surface area contributed by atoms with E-state index in [0.717, 1.165) is 31.8 Å². The number of carbonyl (C=O) groups excluding carboxylic acids is 1. The first-order chi connectivity index (χ1) is 9.09. The zero-order valence-corrected chi connectivity index (χ0v) is 12.5. The van der Waals surface area contributed by atoms with Gasteiger partial charge in [0.2, 0.25) is 5.91 Å². The topological polar surface area (TPSA) is 35.6 Å². The number of nitrogens with zero attached hydrogens (tertiary/aromatic N) is 2. The van der Waals surface area contributed by atoms with Crippen molar-refractivity contribution in [3.8, 4) is 0 Å². The summed E-state index contributed by atoms with van der Waals surface area (Å²) < 4.78 is 0. The zero-order valence-electron chi connectivity index (χ0n) is 12.5. The van der Waals surface area contributed by atoms with Gasteiger partial charge < -0.3 is 15.1 Å². The predicted molar refractivity (Wildman–Crippen MR) is 78.1 cm³/mol. The van der Waals surface area contributed by atoms with E-state index in [1.54, 1.807) is 0 Å². The third-order valence-electron chi connectivity index (χ3n) is 4.34. The molecule has 1 heterocycles. The third-order valence-corrected chi connectivity index (χ3v) is 4.34. The molecular formula is C15H27N3O. The molecule has 0 radical (unpaired) electrons. The van der Waals surface area contributed by atoms with Crippen molar-refractivity contribution in [1.29, 1.82) is 0 Å². The lowest BCUT2D eigenvalue weighted by molar-refractivity contribution is -0.129. The quantitative estimate of drug-likeness (QED) is 0.760. The molecule has 2 fully saturated rings. The number of likely N-dealkylation sites (N-methyl/N-ethyl adjacent to an activating group) is 1. The molecule has 2 rings (SSSR count). The summed E-state index contributed by atoms with van der Waals surface area (Å²) in [7, 11) is 4.14. The Morgan fingerprint density at radius 2 is 1.84 bits per heavy atom. The molecule has 19 heavy (non-hydrogen) atoms. The maximum atomic E-state index is 12.7. The number of carbonyl (C=O) groups is 1. The van der Waals surface area contributed by atoms with Crippen molar-refractivity contribution in [2.75, 3.05) is 40.3 Å². The van der Waals surface area contributed by atoms with Crippen molar-refractivity contribution in [1.82, 2.24) is 15.1 Å². The number of rotatable bonds is 5. The minimum Gasteiger partial charge on any atom is -0.335 e. The fraction of sp³-hybridized carbons (Fsp3) is 0.800. The Kier molecular flexibility index (Phi) is 4.99. The molecule has 0 spiro atoms. The molecule has 1 N–H and O–H groups in total. The summed E-state index contributed by atoms with van der Waals surface area (Å²) in [5.74, 6) is 0.269. The molecule has 2 aliphatic rings. The Morgan fingerprint density at radius 3 is 2.32 bits per heavy atom. The Balaban J connectivity index is 2.04. The van der Waals surface area contributed by atoms with Gasteiger partial charge in [-0.25, -0.2) is 0 Å². The van der Waals surface area contributed by atoms with Crippen molar-refractivity contribution < 1.29 is 4.79 Å². The molecule has 108 valence electrons. The minimum absolute atomic E-state index is 0.269. The molecule has 1 amide bonds. The fourth-order valence-corrected chi connectivity index (χ4v) is 2.86. The lowest BCUT2D eigenvalue weighted by Crippen LogP contribution is -2.45. The van der Waals surface area contributed by atoms with Crippen LogP contribution in [0.3, 0.4) is 0 Å². The SMILES string of the molecule is CC(C(=O)N(CCN(C)C)C1CCCC1)=C1CNC1. The molecule has 4 heteroatoms. The summed E-state index contributed by atoms with van der Waals surface area (Å²) in [6.07, 6.45) is 4.90. The highest BCUT2D eigenvalue weighted by atomic mass is 16.2. The zero-order chi connectivity index (χ0) is 13.8. The van der Waals surface area contributed by atoms with Crippen molar-refractivity contribution in [2.45, 2.75) is 38.6 Å². The first-order valence-electron chi connectivity index (χ1n) is 7.44. The molecule has 0 unspecified atom stereocenters. The molecule has 1 aliphatic carbocycles. The van der Waals surface area contributed by atoms with Crippen LogP contribution in [0.5, 0.6) is 0 Å². The average Bonchev–Trinajstić information content (AvgIpc) is 2.79. The molecule has 0 atom stereocenters. The lowest BCUT2D eigenvalue weighted by atomic mass is 10.0. The number of amides is 1. The van der Waals surface area contributed by atoms with Crippen LogP contribution in [-0.2, 0) is 4.79 Å². The van der Waals surface area contributed by atoms with Gasteiger partial charge in [0.1, 0.15) is 0 Å². The van der Waals surface area contributed by atoms with Gasteiger partial charge in [-0.15, -0.1) is 0 Å². The second kappa shape index (κ2) is 6.53. The van der Waals surface area contributed by atoms with E-state index in [2.05, 4.69) is 29.2 Å². The normalized spacial score (nSPS) is 19.7. The van der Waals surface area contributed by atoms with Crippen molar-refractivity contribution in [3.63, 3.8) is 0 Å².